The lowest BCUT2D eigenvalue weighted by molar-refractivity contribution is 1.27. The number of benzene rings is 12. The molecule has 0 N–H and O–H groups in total. The largest absolute Gasteiger partial charge is 0.308 e. The maximum Gasteiger partial charge on any atom is 0.101 e. The highest BCUT2D eigenvalue weighted by molar-refractivity contribution is 6.28. The van der Waals surface area contributed by atoms with Gasteiger partial charge in [-0.05, 0) is 239 Å². The van der Waals surface area contributed by atoms with Gasteiger partial charge in [0.1, 0.15) is 12.1 Å². The molecule has 12 rings (SSSR count). The Morgan fingerprint density at radius 3 is 0.859 bits per heavy atom. The van der Waals surface area contributed by atoms with Gasteiger partial charge in [0.05, 0.1) is 33.9 Å². The van der Waals surface area contributed by atoms with E-state index in [4.69, 9.17) is 0 Å². The van der Waals surface area contributed by atoms with E-state index in [-0.39, 0.29) is 0 Å². The third kappa shape index (κ3) is 8.31. The number of hydrogen-bond donors (Lipinski definition) is 0. The van der Waals surface area contributed by atoms with E-state index >= 15 is 0 Å². The third-order valence-electron chi connectivity index (χ3n) is 16.1. The van der Waals surface area contributed by atoms with Crippen LogP contribution in [0, 0.1) is 78.1 Å². The molecule has 0 spiro atoms. The van der Waals surface area contributed by atoms with Crippen molar-refractivity contribution in [2.75, 3.05) is 9.80 Å². The van der Waals surface area contributed by atoms with Gasteiger partial charge in [-0.2, -0.15) is 10.5 Å². The van der Waals surface area contributed by atoms with Crippen molar-refractivity contribution < 1.29 is 0 Å². The van der Waals surface area contributed by atoms with Crippen LogP contribution >= 0.6 is 0 Å². The van der Waals surface area contributed by atoms with Crippen molar-refractivity contribution in [1.29, 1.82) is 10.5 Å². The molecule has 4 nitrogen and oxygen atoms in total. The molecule has 0 saturated carbocycles. The van der Waals surface area contributed by atoms with Gasteiger partial charge in [0.2, 0.25) is 0 Å². The lowest BCUT2D eigenvalue weighted by Crippen LogP contribution is -2.13. The summed E-state index contributed by atoms with van der Waals surface area (Å²) in [7, 11) is 0. The standard InChI is InChI=1S/C74H58N4/c1-45-17-13-18-46(2)69(45)57-37-58(70-47(3)19-14-20-48(70)4)40-61(39-57)77(65-27-11-9-25-55(65)43-75)67-35-31-53-30-34-64-68(36-32-54-29-33-63(67)73(53)74(54)64)78(66-28-12-10-26-56(66)44-76)62-41-59(71-49(5)21-15-22-50(71)6)38-60(42-62)72-51(7)23-16-24-52(72)8/h9-42H,1-8H3. The molecule has 374 valence electrons. The van der Waals surface area contributed by atoms with Gasteiger partial charge >= 0.3 is 0 Å². The molecule has 0 unspecified atom stereocenters. The molecular formula is C74H58N4. The van der Waals surface area contributed by atoms with E-state index in [1.54, 1.807) is 0 Å². The van der Waals surface area contributed by atoms with Crippen LogP contribution in [0.25, 0.3) is 76.8 Å². The summed E-state index contributed by atoms with van der Waals surface area (Å²) in [6.07, 6.45) is 0. The zero-order chi connectivity index (χ0) is 53.9. The van der Waals surface area contributed by atoms with Crippen molar-refractivity contribution in [2.24, 2.45) is 0 Å². The van der Waals surface area contributed by atoms with Crippen molar-refractivity contribution in [2.45, 2.75) is 55.4 Å². The van der Waals surface area contributed by atoms with Crippen LogP contribution in [0.1, 0.15) is 55.6 Å². The lowest BCUT2D eigenvalue weighted by Gasteiger charge is -2.31. The predicted octanol–water partition coefficient (Wildman–Crippen LogP) is 20.4. The van der Waals surface area contributed by atoms with Crippen LogP contribution < -0.4 is 9.80 Å². The second kappa shape index (κ2) is 19.8. The molecule has 12 aromatic rings. The molecule has 0 heterocycles. The highest BCUT2D eigenvalue weighted by Crippen LogP contribution is 2.51. The molecule has 0 aliphatic carbocycles. The summed E-state index contributed by atoms with van der Waals surface area (Å²) < 4.78 is 0. The number of nitriles is 2. The SMILES string of the molecule is Cc1cccc(C)c1-c1cc(-c2c(C)cccc2C)cc(N(c2ccccc2C#N)c2ccc3ccc4c(N(c5cc(-c6c(C)cccc6C)cc(-c6c(C)cccc6C)c5)c5ccccc5C#N)ccc5ccc2c3c54)c1. The molecule has 0 aliphatic heterocycles. The molecule has 0 bridgehead atoms. The zero-order valence-electron chi connectivity index (χ0n) is 45.4. The van der Waals surface area contributed by atoms with Crippen LogP contribution in [0.4, 0.5) is 34.1 Å². The molecule has 0 aromatic heterocycles. The molecule has 0 atom stereocenters. The first-order chi connectivity index (χ1) is 37.9. The Bertz CT molecular complexity index is 3960. The van der Waals surface area contributed by atoms with Gasteiger partial charge in [0, 0.05) is 22.1 Å². The molecule has 78 heavy (non-hydrogen) atoms. The fourth-order valence-corrected chi connectivity index (χ4v) is 12.6. The minimum absolute atomic E-state index is 0.576. The van der Waals surface area contributed by atoms with Crippen molar-refractivity contribution in [1.82, 2.24) is 0 Å². The normalized spacial score (nSPS) is 11.3. The molecule has 0 saturated heterocycles. The first-order valence-corrected chi connectivity index (χ1v) is 26.8. The van der Waals surface area contributed by atoms with Crippen molar-refractivity contribution in [3.8, 4) is 56.6 Å². The zero-order valence-corrected chi connectivity index (χ0v) is 45.4. The van der Waals surface area contributed by atoms with Crippen LogP contribution in [0.15, 0.2) is 206 Å². The first-order valence-electron chi connectivity index (χ1n) is 26.8. The summed E-state index contributed by atoms with van der Waals surface area (Å²) >= 11 is 0. The highest BCUT2D eigenvalue weighted by atomic mass is 15.2. The van der Waals surface area contributed by atoms with Gasteiger partial charge in [-0.15, -0.1) is 0 Å². The average molecular weight is 1000 g/mol. The second-order valence-electron chi connectivity index (χ2n) is 21.1. The Kier molecular flexibility index (Phi) is 12.4. The second-order valence-corrected chi connectivity index (χ2v) is 21.1. The van der Waals surface area contributed by atoms with Crippen LogP contribution in [0.5, 0.6) is 0 Å². The smallest absolute Gasteiger partial charge is 0.101 e. The van der Waals surface area contributed by atoms with Crippen molar-refractivity contribution >= 4 is 66.4 Å². The minimum Gasteiger partial charge on any atom is -0.308 e. The van der Waals surface area contributed by atoms with E-state index in [0.717, 1.165) is 88.7 Å². The Morgan fingerprint density at radius 2 is 0.564 bits per heavy atom. The topological polar surface area (TPSA) is 54.1 Å². The summed E-state index contributed by atoms with van der Waals surface area (Å²) in [6.45, 7) is 17.5. The summed E-state index contributed by atoms with van der Waals surface area (Å²) in [5, 5.41) is 28.4. The average Bonchev–Trinajstić information content (AvgIpc) is 3.60. The summed E-state index contributed by atoms with van der Waals surface area (Å²) in [4.78, 5) is 4.62. The van der Waals surface area contributed by atoms with Gasteiger partial charge in [-0.1, -0.05) is 133 Å². The minimum atomic E-state index is 0.576. The monoisotopic (exact) mass is 1000 g/mol. The van der Waals surface area contributed by atoms with Crippen LogP contribution in [0.3, 0.4) is 0 Å². The highest BCUT2D eigenvalue weighted by Gasteiger charge is 2.26. The molecule has 4 heteroatoms. The van der Waals surface area contributed by atoms with Crippen LogP contribution in [0.2, 0.25) is 0 Å². The van der Waals surface area contributed by atoms with Crippen molar-refractivity contribution in [3.05, 3.63) is 262 Å². The lowest BCUT2D eigenvalue weighted by atomic mass is 9.89. The van der Waals surface area contributed by atoms with E-state index in [2.05, 4.69) is 247 Å². The third-order valence-corrected chi connectivity index (χ3v) is 16.1. The number of para-hydroxylation sites is 2. The Morgan fingerprint density at radius 1 is 0.282 bits per heavy atom. The Labute approximate surface area is 458 Å². The maximum absolute atomic E-state index is 10.9. The van der Waals surface area contributed by atoms with Crippen molar-refractivity contribution in [3.63, 3.8) is 0 Å². The number of hydrogen-bond acceptors (Lipinski definition) is 4. The molecule has 12 aromatic carbocycles. The summed E-state index contributed by atoms with van der Waals surface area (Å²) in [6, 6.07) is 79.0. The van der Waals surface area contributed by atoms with E-state index in [1.165, 1.54) is 66.8 Å². The predicted molar refractivity (Wildman–Crippen MR) is 329 cm³/mol. The number of nitrogens with zero attached hydrogens (tertiary/aromatic N) is 4. The molecule has 0 fully saturated rings. The van der Waals surface area contributed by atoms with Gasteiger partial charge in [-0.25, -0.2) is 0 Å². The quantitative estimate of drug-likeness (QED) is 0.128. The van der Waals surface area contributed by atoms with E-state index < -0.39 is 0 Å². The van der Waals surface area contributed by atoms with Crippen LogP contribution in [-0.4, -0.2) is 0 Å². The summed E-state index contributed by atoms with van der Waals surface area (Å²) in [5.41, 5.74) is 25.4. The summed E-state index contributed by atoms with van der Waals surface area (Å²) in [5.74, 6) is 0. The fraction of sp³-hybridized carbons (Fsp3) is 0.108. The first kappa shape index (κ1) is 49.2. The number of anilines is 6. The van der Waals surface area contributed by atoms with Gasteiger partial charge in [-0.3, -0.25) is 0 Å². The molecule has 0 radical (unpaired) electrons. The van der Waals surface area contributed by atoms with E-state index in [0.29, 0.717) is 11.1 Å². The molecule has 0 aliphatic rings. The fourth-order valence-electron chi connectivity index (χ4n) is 12.6. The Balaban J connectivity index is 1.15. The van der Waals surface area contributed by atoms with E-state index in [9.17, 15) is 10.5 Å². The van der Waals surface area contributed by atoms with E-state index in [1.807, 2.05) is 36.4 Å². The Hall–Kier alpha value is -9.74. The molecular weight excluding hydrogens is 945 g/mol. The van der Waals surface area contributed by atoms with Crippen LogP contribution in [-0.2, 0) is 0 Å². The van der Waals surface area contributed by atoms with Gasteiger partial charge in [0.25, 0.3) is 0 Å². The number of aryl methyl sites for hydroxylation is 8. The number of rotatable bonds is 10. The van der Waals surface area contributed by atoms with Gasteiger partial charge < -0.3 is 9.80 Å². The maximum atomic E-state index is 10.9. The van der Waals surface area contributed by atoms with Gasteiger partial charge in [0.15, 0.2) is 0 Å². The molecule has 0 amide bonds.